The zero-order chi connectivity index (χ0) is 14.5. The number of nitrogens with one attached hydrogen (secondary N) is 1. The van der Waals surface area contributed by atoms with Gasteiger partial charge in [-0.25, -0.2) is 9.97 Å². The zero-order valence-electron chi connectivity index (χ0n) is 11.1. The summed E-state index contributed by atoms with van der Waals surface area (Å²) < 4.78 is 0. The van der Waals surface area contributed by atoms with Gasteiger partial charge in [-0.2, -0.15) is 0 Å². The van der Waals surface area contributed by atoms with Crippen LogP contribution < -0.4 is 4.91 Å². The van der Waals surface area contributed by atoms with E-state index < -0.39 is 0 Å². The van der Waals surface area contributed by atoms with Crippen LogP contribution in [0.3, 0.4) is 0 Å². The number of hydrogen-bond donors (Lipinski definition) is 1. The Morgan fingerprint density at radius 3 is 1.67 bits per heavy atom. The number of rotatable bonds is 3. The first kappa shape index (κ1) is 12.8. The highest BCUT2D eigenvalue weighted by atomic mass is 15.2. The summed E-state index contributed by atoms with van der Waals surface area (Å²) >= 11 is 0. The zero-order valence-corrected chi connectivity index (χ0v) is 11.1. The van der Waals surface area contributed by atoms with Gasteiger partial charge < -0.3 is 0 Å². The fourth-order valence-corrected chi connectivity index (χ4v) is 2.04. The summed E-state index contributed by atoms with van der Waals surface area (Å²) in [5, 5.41) is 3.65. The Hall–Kier alpha value is -3.17. The van der Waals surface area contributed by atoms with E-state index in [4.69, 9.17) is 5.53 Å². The minimum atomic E-state index is 0.185. The van der Waals surface area contributed by atoms with Crippen molar-refractivity contribution in [1.82, 2.24) is 14.9 Å². The highest BCUT2D eigenvalue weighted by Gasteiger charge is 2.10. The van der Waals surface area contributed by atoms with Gasteiger partial charge in [0.1, 0.15) is 5.53 Å². The first-order valence-corrected chi connectivity index (χ1v) is 6.44. The van der Waals surface area contributed by atoms with E-state index in [1.165, 1.54) is 0 Å². The molecule has 0 saturated carbocycles. The Balaban J connectivity index is 2.18. The normalized spacial score (nSPS) is 9.90. The van der Waals surface area contributed by atoms with E-state index in [9.17, 15) is 0 Å². The van der Waals surface area contributed by atoms with E-state index in [0.717, 1.165) is 22.5 Å². The van der Waals surface area contributed by atoms with Crippen molar-refractivity contribution in [2.75, 3.05) is 0 Å². The summed E-state index contributed by atoms with van der Waals surface area (Å²) in [4.78, 5) is 11.7. The van der Waals surface area contributed by atoms with Crippen LogP contribution in [-0.4, -0.2) is 9.97 Å². The smallest absolute Gasteiger partial charge is 0.205 e. The van der Waals surface area contributed by atoms with Gasteiger partial charge in [0.05, 0.1) is 11.4 Å². The second kappa shape index (κ2) is 5.86. The van der Waals surface area contributed by atoms with Crippen LogP contribution in [0.15, 0.2) is 71.8 Å². The molecule has 5 nitrogen and oxygen atoms in total. The average Bonchev–Trinajstić information content (AvgIpc) is 2.56. The van der Waals surface area contributed by atoms with Crippen LogP contribution in [0.5, 0.6) is 0 Å². The molecule has 0 saturated heterocycles. The molecular weight excluding hydrogens is 262 g/mol. The quantitative estimate of drug-likeness (QED) is 0.579. The summed E-state index contributed by atoms with van der Waals surface area (Å²) in [5.74, 6) is 0.185. The predicted molar refractivity (Wildman–Crippen MR) is 79.8 cm³/mol. The first-order valence-electron chi connectivity index (χ1n) is 6.44. The fraction of sp³-hybridized carbons (Fsp3) is 0. The molecule has 0 amide bonds. The molecule has 0 aliphatic heterocycles. The molecule has 1 aromatic heterocycles. The van der Waals surface area contributed by atoms with Gasteiger partial charge >= 0.3 is 5.95 Å². The molecule has 0 atom stereocenters. The summed E-state index contributed by atoms with van der Waals surface area (Å²) in [5.41, 5.74) is 10.3. The summed E-state index contributed by atoms with van der Waals surface area (Å²) in [6.45, 7) is 0. The molecule has 5 heteroatoms. The Kier molecular flexibility index (Phi) is 3.58. The Morgan fingerprint density at radius 2 is 1.24 bits per heavy atom. The van der Waals surface area contributed by atoms with Crippen molar-refractivity contribution in [1.29, 1.82) is 5.53 Å². The third kappa shape index (κ3) is 2.88. The van der Waals surface area contributed by atoms with Gasteiger partial charge in [0.15, 0.2) is 5.11 Å². The number of benzene rings is 2. The van der Waals surface area contributed by atoms with Gasteiger partial charge in [0.2, 0.25) is 4.91 Å². The highest BCUT2D eigenvalue weighted by Crippen LogP contribution is 2.25. The van der Waals surface area contributed by atoms with E-state index in [0.29, 0.717) is 0 Å². The lowest BCUT2D eigenvalue weighted by atomic mass is 10.1. The number of nitrogens with zero attached hydrogens (tertiary/aromatic N) is 4. The van der Waals surface area contributed by atoms with Gasteiger partial charge in [0.25, 0.3) is 0 Å². The van der Waals surface area contributed by atoms with E-state index in [1.54, 1.807) is 0 Å². The number of hydrogen-bond acceptors (Lipinski definition) is 4. The molecule has 0 aliphatic rings. The monoisotopic (exact) mass is 274 g/mol. The fourth-order valence-electron chi connectivity index (χ4n) is 2.04. The Bertz CT molecular complexity index is 736. The van der Waals surface area contributed by atoms with E-state index in [-0.39, 0.29) is 5.95 Å². The summed E-state index contributed by atoms with van der Waals surface area (Å²) in [6, 6.07) is 21.5. The van der Waals surface area contributed by atoms with Crippen molar-refractivity contribution in [3.63, 3.8) is 0 Å². The van der Waals surface area contributed by atoms with Gasteiger partial charge in [-0.3, -0.25) is 0 Å². The van der Waals surface area contributed by atoms with Crippen molar-refractivity contribution in [2.45, 2.75) is 0 Å². The third-order valence-corrected chi connectivity index (χ3v) is 2.99. The largest absolute Gasteiger partial charge is 0.337 e. The minimum Gasteiger partial charge on any atom is -0.205 e. The van der Waals surface area contributed by atoms with Crippen molar-refractivity contribution in [3.8, 4) is 22.5 Å². The maximum atomic E-state index is 6.87. The predicted octanol–water partition coefficient (Wildman–Crippen LogP) is 3.99. The van der Waals surface area contributed by atoms with Crippen LogP contribution in [0.2, 0.25) is 0 Å². The summed E-state index contributed by atoms with van der Waals surface area (Å²) in [6.07, 6.45) is 0. The van der Waals surface area contributed by atoms with Crippen LogP contribution in [0, 0.1) is 5.53 Å². The van der Waals surface area contributed by atoms with Crippen LogP contribution in [0.1, 0.15) is 0 Å². The molecular formula is C16H12N5+. The maximum Gasteiger partial charge on any atom is 0.337 e. The highest BCUT2D eigenvalue weighted by molar-refractivity contribution is 5.68. The average molecular weight is 274 g/mol. The van der Waals surface area contributed by atoms with Gasteiger partial charge in [-0.15, -0.1) is 0 Å². The van der Waals surface area contributed by atoms with Crippen molar-refractivity contribution in [2.24, 2.45) is 5.11 Å². The maximum absolute atomic E-state index is 6.87. The molecule has 100 valence electrons. The molecule has 3 rings (SSSR count). The SMILES string of the molecule is N=[N+]=Nc1nc(-c2ccccc2)cc(-c2ccccc2)n1. The molecule has 0 radical (unpaired) electrons. The molecule has 1 N–H and O–H groups in total. The molecule has 2 aromatic carbocycles. The van der Waals surface area contributed by atoms with Crippen LogP contribution in [-0.2, 0) is 0 Å². The molecule has 3 aromatic rings. The van der Waals surface area contributed by atoms with Crippen molar-refractivity contribution < 1.29 is 0 Å². The van der Waals surface area contributed by atoms with Crippen molar-refractivity contribution in [3.05, 3.63) is 66.7 Å². The van der Waals surface area contributed by atoms with Gasteiger partial charge in [-0.1, -0.05) is 60.7 Å². The van der Waals surface area contributed by atoms with Crippen molar-refractivity contribution >= 4 is 5.95 Å². The molecule has 0 bridgehead atoms. The molecule has 1 heterocycles. The summed E-state index contributed by atoms with van der Waals surface area (Å²) in [7, 11) is 0. The van der Waals surface area contributed by atoms with Crippen LogP contribution in [0.25, 0.3) is 22.5 Å². The topological polar surface area (TPSA) is 76.1 Å². The van der Waals surface area contributed by atoms with E-state index >= 15 is 0 Å². The molecule has 0 fully saturated rings. The number of aromatic nitrogens is 2. The van der Waals surface area contributed by atoms with E-state index in [2.05, 4.69) is 20.0 Å². The minimum absolute atomic E-state index is 0.185. The standard InChI is InChI=1S/C16H12N5/c17-21-20-16-18-14(12-7-3-1-4-8-12)11-15(19-16)13-9-5-2-6-10-13/h1-11,17H/q+1. The van der Waals surface area contributed by atoms with Gasteiger partial charge in [0, 0.05) is 11.1 Å². The lowest BCUT2D eigenvalue weighted by molar-refractivity contribution is 0.949. The lowest BCUT2D eigenvalue weighted by Crippen LogP contribution is -1.91. The van der Waals surface area contributed by atoms with Gasteiger partial charge in [-0.05, 0) is 6.07 Å². The lowest BCUT2D eigenvalue weighted by Gasteiger charge is -2.04. The third-order valence-electron chi connectivity index (χ3n) is 2.99. The van der Waals surface area contributed by atoms with Crippen LogP contribution >= 0.6 is 0 Å². The Morgan fingerprint density at radius 1 is 0.762 bits per heavy atom. The molecule has 0 aliphatic carbocycles. The molecule has 0 spiro atoms. The second-order valence-electron chi connectivity index (χ2n) is 4.37. The second-order valence-corrected chi connectivity index (χ2v) is 4.37. The Labute approximate surface area is 121 Å². The van der Waals surface area contributed by atoms with E-state index in [1.807, 2.05) is 66.7 Å². The first-order chi connectivity index (χ1) is 10.4. The van der Waals surface area contributed by atoms with Crippen LogP contribution in [0.4, 0.5) is 5.95 Å². The molecule has 21 heavy (non-hydrogen) atoms. The molecule has 0 unspecified atom stereocenters.